The number of rotatable bonds is 5. The molecule has 8 heteroatoms. The summed E-state index contributed by atoms with van der Waals surface area (Å²) in [5.41, 5.74) is 5.58. The predicted octanol–water partition coefficient (Wildman–Crippen LogP) is 0.0777. The van der Waals surface area contributed by atoms with Crippen LogP contribution in [0.15, 0.2) is 5.16 Å². The van der Waals surface area contributed by atoms with Gasteiger partial charge in [-0.3, -0.25) is 0 Å². The van der Waals surface area contributed by atoms with Crippen molar-refractivity contribution in [3.05, 3.63) is 0 Å². The van der Waals surface area contributed by atoms with Crippen LogP contribution in [0.5, 0.6) is 0 Å². The molecule has 0 aromatic rings. The van der Waals surface area contributed by atoms with Gasteiger partial charge in [-0.2, -0.15) is 17.4 Å². The predicted molar refractivity (Wildman–Crippen MR) is 71.9 cm³/mol. The SMILES string of the molecule is CC1CCCN(S(=O)(=O)NC(C(N)=NO)C2CC2)C1. The van der Waals surface area contributed by atoms with Gasteiger partial charge in [-0.05, 0) is 37.5 Å². The van der Waals surface area contributed by atoms with Gasteiger partial charge >= 0.3 is 0 Å². The van der Waals surface area contributed by atoms with Crippen molar-refractivity contribution in [3.63, 3.8) is 0 Å². The lowest BCUT2D eigenvalue weighted by atomic mass is 10.0. The molecule has 0 bridgehead atoms. The van der Waals surface area contributed by atoms with E-state index in [-0.39, 0.29) is 11.8 Å². The molecule has 1 aliphatic heterocycles. The third-order valence-electron chi connectivity index (χ3n) is 3.76. The van der Waals surface area contributed by atoms with E-state index in [1.54, 1.807) is 0 Å². The number of hydrogen-bond donors (Lipinski definition) is 3. The van der Waals surface area contributed by atoms with Crippen LogP contribution in [-0.2, 0) is 10.2 Å². The van der Waals surface area contributed by atoms with Crippen molar-refractivity contribution in [1.82, 2.24) is 9.03 Å². The summed E-state index contributed by atoms with van der Waals surface area (Å²) in [6.45, 7) is 3.11. The average molecular weight is 290 g/mol. The second-order valence-corrected chi connectivity index (χ2v) is 7.27. The molecular weight excluding hydrogens is 268 g/mol. The molecular formula is C11H22N4O3S. The van der Waals surface area contributed by atoms with E-state index in [9.17, 15) is 8.42 Å². The van der Waals surface area contributed by atoms with Gasteiger partial charge in [0.25, 0.3) is 10.2 Å². The molecule has 0 radical (unpaired) electrons. The zero-order valence-corrected chi connectivity index (χ0v) is 11.9. The summed E-state index contributed by atoms with van der Waals surface area (Å²) in [4.78, 5) is 0. The van der Waals surface area contributed by atoms with Crippen LogP contribution in [0.3, 0.4) is 0 Å². The lowest BCUT2D eigenvalue weighted by Crippen LogP contribution is -2.53. The lowest BCUT2D eigenvalue weighted by molar-refractivity contribution is 0.276. The van der Waals surface area contributed by atoms with Crippen molar-refractivity contribution in [2.24, 2.45) is 22.7 Å². The first-order valence-electron chi connectivity index (χ1n) is 6.69. The fourth-order valence-corrected chi connectivity index (χ4v) is 4.09. The molecule has 0 aromatic carbocycles. The molecule has 19 heavy (non-hydrogen) atoms. The minimum absolute atomic E-state index is 0.0591. The van der Waals surface area contributed by atoms with Gasteiger partial charge in [0.15, 0.2) is 5.84 Å². The summed E-state index contributed by atoms with van der Waals surface area (Å²) in [7, 11) is -3.56. The molecule has 2 atom stereocenters. The first-order valence-corrected chi connectivity index (χ1v) is 8.13. The molecule has 110 valence electrons. The lowest BCUT2D eigenvalue weighted by Gasteiger charge is -2.31. The summed E-state index contributed by atoms with van der Waals surface area (Å²) >= 11 is 0. The number of oxime groups is 1. The van der Waals surface area contributed by atoms with Gasteiger partial charge in [-0.25, -0.2) is 0 Å². The van der Waals surface area contributed by atoms with E-state index < -0.39 is 16.3 Å². The molecule has 2 fully saturated rings. The summed E-state index contributed by atoms with van der Waals surface area (Å²) < 4.78 is 28.7. The molecule has 1 aliphatic carbocycles. The minimum atomic E-state index is -3.56. The van der Waals surface area contributed by atoms with Gasteiger partial charge in [-0.15, -0.1) is 0 Å². The largest absolute Gasteiger partial charge is 0.409 e. The number of nitrogens with one attached hydrogen (secondary N) is 1. The highest BCUT2D eigenvalue weighted by molar-refractivity contribution is 7.87. The van der Waals surface area contributed by atoms with Crippen molar-refractivity contribution in [3.8, 4) is 0 Å². The second kappa shape index (κ2) is 5.64. The van der Waals surface area contributed by atoms with E-state index in [0.29, 0.717) is 19.0 Å². The summed E-state index contributed by atoms with van der Waals surface area (Å²) in [5, 5.41) is 11.7. The topological polar surface area (TPSA) is 108 Å². The van der Waals surface area contributed by atoms with Gasteiger partial charge in [-0.1, -0.05) is 12.1 Å². The highest BCUT2D eigenvalue weighted by atomic mass is 32.2. The van der Waals surface area contributed by atoms with E-state index in [2.05, 4.69) is 9.88 Å². The van der Waals surface area contributed by atoms with Gasteiger partial charge in [0.1, 0.15) is 0 Å². The molecule has 0 amide bonds. The normalized spacial score (nSPS) is 28.3. The Morgan fingerprint density at radius 3 is 2.68 bits per heavy atom. The van der Waals surface area contributed by atoms with Crippen LogP contribution in [0.25, 0.3) is 0 Å². The summed E-state index contributed by atoms with van der Waals surface area (Å²) in [6.07, 6.45) is 3.73. The Morgan fingerprint density at radius 2 is 2.16 bits per heavy atom. The average Bonchev–Trinajstić information content (AvgIpc) is 3.19. The van der Waals surface area contributed by atoms with E-state index in [0.717, 1.165) is 25.7 Å². The van der Waals surface area contributed by atoms with Crippen molar-refractivity contribution < 1.29 is 13.6 Å². The number of nitrogens with two attached hydrogens (primary N) is 1. The third-order valence-corrected chi connectivity index (χ3v) is 5.33. The Morgan fingerprint density at radius 1 is 1.47 bits per heavy atom. The van der Waals surface area contributed by atoms with Crippen molar-refractivity contribution in [2.75, 3.05) is 13.1 Å². The van der Waals surface area contributed by atoms with Crippen LogP contribution in [0.2, 0.25) is 0 Å². The molecule has 2 aliphatic rings. The zero-order chi connectivity index (χ0) is 14.0. The summed E-state index contributed by atoms with van der Waals surface area (Å²) in [5.74, 6) is 0.456. The Bertz CT molecular complexity index is 447. The van der Waals surface area contributed by atoms with Crippen LogP contribution >= 0.6 is 0 Å². The number of hydrogen-bond acceptors (Lipinski definition) is 4. The molecule has 2 rings (SSSR count). The van der Waals surface area contributed by atoms with Gasteiger partial charge in [0, 0.05) is 13.1 Å². The molecule has 0 aromatic heterocycles. The van der Waals surface area contributed by atoms with Crippen molar-refractivity contribution in [1.29, 1.82) is 0 Å². The fraction of sp³-hybridized carbons (Fsp3) is 0.909. The van der Waals surface area contributed by atoms with Crippen LogP contribution in [0, 0.1) is 11.8 Å². The molecule has 7 nitrogen and oxygen atoms in total. The molecule has 1 heterocycles. The fourth-order valence-electron chi connectivity index (χ4n) is 2.49. The molecule has 1 saturated heterocycles. The maximum atomic E-state index is 12.3. The van der Waals surface area contributed by atoms with Crippen LogP contribution in [0.1, 0.15) is 32.6 Å². The van der Waals surface area contributed by atoms with Gasteiger partial charge < -0.3 is 10.9 Å². The number of piperidine rings is 1. The van der Waals surface area contributed by atoms with Crippen molar-refractivity contribution in [2.45, 2.75) is 38.6 Å². The first kappa shape index (κ1) is 14.5. The number of amidine groups is 1. The van der Waals surface area contributed by atoms with E-state index in [1.165, 1.54) is 4.31 Å². The van der Waals surface area contributed by atoms with Gasteiger partial charge in [0.05, 0.1) is 6.04 Å². The second-order valence-electron chi connectivity index (χ2n) is 5.57. The standard InChI is InChI=1S/C11H22N4O3S/c1-8-3-2-6-15(7-8)19(17,18)14-10(9-4-5-9)11(12)13-16/h8-10,14,16H,2-7H2,1H3,(H2,12,13). The minimum Gasteiger partial charge on any atom is -0.409 e. The quantitative estimate of drug-likeness (QED) is 0.288. The van der Waals surface area contributed by atoms with Crippen LogP contribution < -0.4 is 10.5 Å². The Labute approximate surface area is 114 Å². The Hall–Kier alpha value is -0.860. The zero-order valence-electron chi connectivity index (χ0n) is 11.1. The Kier molecular flexibility index (Phi) is 4.32. The maximum Gasteiger partial charge on any atom is 0.280 e. The van der Waals surface area contributed by atoms with Crippen LogP contribution in [0.4, 0.5) is 0 Å². The highest BCUT2D eigenvalue weighted by Gasteiger charge is 2.39. The third kappa shape index (κ3) is 3.58. The first-order chi connectivity index (χ1) is 8.94. The van der Waals surface area contributed by atoms with E-state index in [4.69, 9.17) is 10.9 Å². The van der Waals surface area contributed by atoms with Crippen molar-refractivity contribution >= 4 is 16.0 Å². The smallest absolute Gasteiger partial charge is 0.280 e. The summed E-state index contributed by atoms with van der Waals surface area (Å²) in [6, 6.07) is -0.591. The number of nitrogens with zero attached hydrogens (tertiary/aromatic N) is 2. The molecule has 0 spiro atoms. The molecule has 2 unspecified atom stereocenters. The maximum absolute atomic E-state index is 12.3. The van der Waals surface area contributed by atoms with Gasteiger partial charge in [0.2, 0.25) is 0 Å². The highest BCUT2D eigenvalue weighted by Crippen LogP contribution is 2.33. The van der Waals surface area contributed by atoms with E-state index >= 15 is 0 Å². The molecule has 1 saturated carbocycles. The van der Waals surface area contributed by atoms with E-state index in [1.807, 2.05) is 6.92 Å². The monoisotopic (exact) mass is 290 g/mol. The Balaban J connectivity index is 2.06. The molecule has 4 N–H and O–H groups in total. The van der Waals surface area contributed by atoms with Crippen LogP contribution in [-0.4, -0.2) is 42.9 Å².